The molecule has 0 unspecified atom stereocenters. The van der Waals surface area contributed by atoms with Gasteiger partial charge in [0.1, 0.15) is 5.75 Å². The molecule has 0 saturated heterocycles. The van der Waals surface area contributed by atoms with Gasteiger partial charge in [0, 0.05) is 33.9 Å². The molecule has 0 fully saturated rings. The molecule has 1 aromatic heterocycles. The van der Waals surface area contributed by atoms with E-state index in [1.54, 1.807) is 44.2 Å². The third-order valence-electron chi connectivity index (χ3n) is 3.94. The van der Waals surface area contributed by atoms with E-state index in [0.29, 0.717) is 38.6 Å². The zero-order valence-electron chi connectivity index (χ0n) is 15.3. The van der Waals surface area contributed by atoms with Crippen molar-refractivity contribution in [3.05, 3.63) is 72.8 Å². The highest BCUT2D eigenvalue weighted by molar-refractivity contribution is 9.11. The Hall–Kier alpha value is -2.85. The predicted octanol–water partition coefficient (Wildman–Crippen LogP) is 5.43. The third-order valence-corrected chi connectivity index (χ3v) is 5.00. The van der Waals surface area contributed by atoms with Gasteiger partial charge in [0.05, 0.1) is 20.7 Å². The molecular formula is C19H15Br2N5O3. The molecule has 0 saturated carbocycles. The van der Waals surface area contributed by atoms with Crippen LogP contribution in [0, 0.1) is 17.0 Å². The fraction of sp³-hybridized carbons (Fsp3) is 0.105. The number of benzene rings is 2. The number of non-ortho nitro benzene ring substituents is 1. The molecule has 0 aliphatic heterocycles. The van der Waals surface area contributed by atoms with Crippen LogP contribution in [0.3, 0.4) is 0 Å². The number of rotatable bonds is 5. The van der Waals surface area contributed by atoms with Gasteiger partial charge in [-0.1, -0.05) is 28.1 Å². The van der Waals surface area contributed by atoms with E-state index in [9.17, 15) is 15.2 Å². The number of nitrogens with zero attached hydrogens (tertiary/aromatic N) is 4. The first-order chi connectivity index (χ1) is 13.7. The van der Waals surface area contributed by atoms with Crippen molar-refractivity contribution in [3.8, 4) is 17.1 Å². The molecule has 3 aromatic rings. The minimum absolute atomic E-state index is 0.00655. The third kappa shape index (κ3) is 4.96. The summed E-state index contributed by atoms with van der Waals surface area (Å²) < 4.78 is 1.28. The predicted molar refractivity (Wildman–Crippen MR) is 118 cm³/mol. The lowest BCUT2D eigenvalue weighted by Crippen LogP contribution is -2.03. The van der Waals surface area contributed by atoms with Gasteiger partial charge in [-0.15, -0.1) is 0 Å². The molecule has 3 rings (SSSR count). The van der Waals surface area contributed by atoms with Crippen LogP contribution in [0.1, 0.15) is 18.2 Å². The summed E-state index contributed by atoms with van der Waals surface area (Å²) in [5.74, 6) is 0.781. The number of nitro benzene ring substituents is 1. The summed E-state index contributed by atoms with van der Waals surface area (Å²) in [5, 5.41) is 25.6. The molecule has 0 spiro atoms. The zero-order chi connectivity index (χ0) is 21.1. The number of anilines is 1. The Morgan fingerprint density at radius 2 is 1.97 bits per heavy atom. The summed E-state index contributed by atoms with van der Waals surface area (Å²) in [5.41, 5.74) is 5.15. The molecule has 148 valence electrons. The summed E-state index contributed by atoms with van der Waals surface area (Å²) in [6.45, 7) is 3.54. The van der Waals surface area contributed by atoms with E-state index in [1.165, 1.54) is 12.1 Å². The number of phenols is 1. The van der Waals surface area contributed by atoms with Crippen molar-refractivity contribution >= 4 is 49.1 Å². The van der Waals surface area contributed by atoms with E-state index >= 15 is 0 Å². The van der Waals surface area contributed by atoms with Gasteiger partial charge >= 0.3 is 0 Å². The van der Waals surface area contributed by atoms with E-state index in [-0.39, 0.29) is 11.4 Å². The average Bonchev–Trinajstić information content (AvgIpc) is 2.68. The lowest BCUT2D eigenvalue weighted by Gasteiger charge is -2.09. The second-order valence-corrected chi connectivity index (χ2v) is 7.89. The number of nitrogens with one attached hydrogen (secondary N) is 1. The van der Waals surface area contributed by atoms with Crippen molar-refractivity contribution in [2.75, 3.05) is 5.43 Å². The van der Waals surface area contributed by atoms with Gasteiger partial charge in [-0.3, -0.25) is 15.5 Å². The van der Waals surface area contributed by atoms with Crippen molar-refractivity contribution < 1.29 is 10.0 Å². The summed E-state index contributed by atoms with van der Waals surface area (Å²) in [4.78, 5) is 19.3. The summed E-state index contributed by atoms with van der Waals surface area (Å²) in [7, 11) is 0. The first-order valence-electron chi connectivity index (χ1n) is 8.34. The molecule has 0 atom stereocenters. The quantitative estimate of drug-likeness (QED) is 0.263. The summed E-state index contributed by atoms with van der Waals surface area (Å²) in [6, 6.07) is 11.4. The van der Waals surface area contributed by atoms with Crippen LogP contribution in [0.5, 0.6) is 5.75 Å². The average molecular weight is 521 g/mol. The maximum absolute atomic E-state index is 10.9. The Morgan fingerprint density at radius 1 is 1.21 bits per heavy atom. The number of hydrazone groups is 1. The maximum atomic E-state index is 10.9. The standard InChI is InChI=1S/C19H15Br2N5O3/c1-10-6-17(23-19(22-10)15-8-13(20)9-16(21)18(15)27)25-24-11(2)12-4-3-5-14(7-12)26(28)29/h3-9,27H,1-2H3,(H,22,23,25)/b24-11+. The Labute approximate surface area is 183 Å². The maximum Gasteiger partial charge on any atom is 0.270 e. The highest BCUT2D eigenvalue weighted by Gasteiger charge is 2.14. The SMILES string of the molecule is C/C(=N\Nc1cc(C)nc(-c2cc(Br)cc(Br)c2O)n1)c1cccc([N+](=O)[O-])c1. The number of aromatic nitrogens is 2. The highest BCUT2D eigenvalue weighted by Crippen LogP contribution is 2.37. The molecule has 8 nitrogen and oxygen atoms in total. The number of hydrogen-bond acceptors (Lipinski definition) is 7. The van der Waals surface area contributed by atoms with Crippen LogP contribution >= 0.6 is 31.9 Å². The van der Waals surface area contributed by atoms with Crippen LogP contribution in [0.15, 0.2) is 56.5 Å². The van der Waals surface area contributed by atoms with Crippen LogP contribution < -0.4 is 5.43 Å². The smallest absolute Gasteiger partial charge is 0.270 e. The molecule has 10 heteroatoms. The number of aromatic hydroxyl groups is 1. The topological polar surface area (TPSA) is 114 Å². The summed E-state index contributed by atoms with van der Waals surface area (Å²) >= 11 is 6.69. The van der Waals surface area contributed by atoms with Crippen molar-refractivity contribution in [2.24, 2.45) is 5.10 Å². The molecule has 0 radical (unpaired) electrons. The molecule has 1 heterocycles. The van der Waals surface area contributed by atoms with Crippen molar-refractivity contribution in [3.63, 3.8) is 0 Å². The van der Waals surface area contributed by atoms with Crippen LogP contribution in [-0.4, -0.2) is 25.7 Å². The number of phenolic OH excluding ortho intramolecular Hbond substituents is 1. The normalized spacial score (nSPS) is 11.4. The largest absolute Gasteiger partial charge is 0.506 e. The zero-order valence-corrected chi connectivity index (χ0v) is 18.5. The van der Waals surface area contributed by atoms with Gasteiger partial charge in [-0.25, -0.2) is 9.97 Å². The van der Waals surface area contributed by atoms with Crippen molar-refractivity contribution in [2.45, 2.75) is 13.8 Å². The Kier molecular flexibility index (Phi) is 6.23. The van der Waals surface area contributed by atoms with E-state index in [0.717, 1.165) is 4.47 Å². The second-order valence-electron chi connectivity index (χ2n) is 6.12. The molecule has 0 amide bonds. The van der Waals surface area contributed by atoms with Crippen molar-refractivity contribution in [1.82, 2.24) is 9.97 Å². The fourth-order valence-corrected chi connectivity index (χ4v) is 3.76. The molecule has 0 aliphatic carbocycles. The molecule has 0 aliphatic rings. The van der Waals surface area contributed by atoms with E-state index in [2.05, 4.69) is 52.4 Å². The van der Waals surface area contributed by atoms with Gasteiger partial charge < -0.3 is 5.11 Å². The van der Waals surface area contributed by atoms with Crippen LogP contribution in [0.4, 0.5) is 11.5 Å². The molecular weight excluding hydrogens is 506 g/mol. The van der Waals surface area contributed by atoms with Crippen molar-refractivity contribution in [1.29, 1.82) is 0 Å². The monoisotopic (exact) mass is 519 g/mol. The molecule has 29 heavy (non-hydrogen) atoms. The minimum Gasteiger partial charge on any atom is -0.506 e. The molecule has 0 bridgehead atoms. The van der Waals surface area contributed by atoms with Gasteiger partial charge in [0.15, 0.2) is 11.6 Å². The van der Waals surface area contributed by atoms with E-state index < -0.39 is 4.92 Å². The summed E-state index contributed by atoms with van der Waals surface area (Å²) in [6.07, 6.45) is 0. The fourth-order valence-electron chi connectivity index (χ4n) is 2.53. The highest BCUT2D eigenvalue weighted by atomic mass is 79.9. The van der Waals surface area contributed by atoms with Crippen LogP contribution in [0.25, 0.3) is 11.4 Å². The number of nitro groups is 1. The van der Waals surface area contributed by atoms with E-state index in [4.69, 9.17) is 0 Å². The Balaban J connectivity index is 1.92. The number of aryl methyl sites for hydroxylation is 1. The second kappa shape index (κ2) is 8.66. The first-order valence-corrected chi connectivity index (χ1v) is 9.92. The molecule has 2 aromatic carbocycles. The minimum atomic E-state index is -0.452. The lowest BCUT2D eigenvalue weighted by atomic mass is 10.1. The number of hydrogen-bond donors (Lipinski definition) is 2. The van der Waals surface area contributed by atoms with Crippen LogP contribution in [0.2, 0.25) is 0 Å². The molecule has 2 N–H and O–H groups in total. The van der Waals surface area contributed by atoms with Gasteiger partial charge in [0.25, 0.3) is 5.69 Å². The van der Waals surface area contributed by atoms with Gasteiger partial charge in [-0.2, -0.15) is 5.10 Å². The van der Waals surface area contributed by atoms with E-state index in [1.807, 2.05) is 0 Å². The Bertz CT molecular complexity index is 1130. The lowest BCUT2D eigenvalue weighted by molar-refractivity contribution is -0.384. The Morgan fingerprint density at radius 3 is 2.69 bits per heavy atom. The first kappa shape index (κ1) is 20.9. The van der Waals surface area contributed by atoms with Gasteiger partial charge in [-0.05, 0) is 41.9 Å². The van der Waals surface area contributed by atoms with Gasteiger partial charge in [0.2, 0.25) is 0 Å². The number of halogens is 2. The van der Waals surface area contributed by atoms with Crippen LogP contribution in [-0.2, 0) is 0 Å².